The lowest BCUT2D eigenvalue weighted by Gasteiger charge is -2.23. The molecule has 0 unspecified atom stereocenters. The monoisotopic (exact) mass is 397 g/mol. The summed E-state index contributed by atoms with van der Waals surface area (Å²) in [6, 6.07) is 18.1. The molecule has 1 aliphatic carbocycles. The number of benzene rings is 3. The zero-order chi connectivity index (χ0) is 21.3. The number of methoxy groups -OCH3 is 2. The largest absolute Gasteiger partial charge is 0.496 e. The van der Waals surface area contributed by atoms with Crippen molar-refractivity contribution in [3.8, 4) is 17.6 Å². The molecule has 5 nitrogen and oxygen atoms in total. The van der Waals surface area contributed by atoms with Crippen LogP contribution in [0.5, 0.6) is 11.5 Å². The second-order valence-corrected chi connectivity index (χ2v) is 7.03. The lowest BCUT2D eigenvalue weighted by molar-refractivity contribution is 0.0973. The second-order valence-electron chi connectivity index (χ2n) is 7.03. The van der Waals surface area contributed by atoms with E-state index < -0.39 is 0 Å². The maximum Gasteiger partial charge on any atom is 0.201 e. The molecule has 1 aliphatic rings. The van der Waals surface area contributed by atoms with Crippen LogP contribution in [-0.4, -0.2) is 25.8 Å². The lowest BCUT2D eigenvalue weighted by atomic mass is 9.81. The highest BCUT2D eigenvalue weighted by Crippen LogP contribution is 2.39. The van der Waals surface area contributed by atoms with Gasteiger partial charge in [-0.2, -0.15) is 5.26 Å². The predicted octanol–water partition coefficient (Wildman–Crippen LogP) is 4.14. The minimum absolute atomic E-state index is 0.213. The van der Waals surface area contributed by atoms with E-state index in [0.29, 0.717) is 41.0 Å². The summed E-state index contributed by atoms with van der Waals surface area (Å²) in [5.41, 5.74) is 3.79. The molecule has 0 aromatic heterocycles. The van der Waals surface area contributed by atoms with Gasteiger partial charge in [-0.1, -0.05) is 30.3 Å². The van der Waals surface area contributed by atoms with Crippen molar-refractivity contribution in [3.05, 3.63) is 93.5 Å². The van der Waals surface area contributed by atoms with Gasteiger partial charge in [-0.25, -0.2) is 0 Å². The van der Waals surface area contributed by atoms with Crippen LogP contribution >= 0.6 is 0 Å². The van der Waals surface area contributed by atoms with Crippen LogP contribution in [-0.2, 0) is 12.8 Å². The van der Waals surface area contributed by atoms with Crippen LogP contribution in [0.2, 0.25) is 0 Å². The number of ketones is 2. The molecular formula is C25H19NO4. The zero-order valence-electron chi connectivity index (χ0n) is 16.7. The Morgan fingerprint density at radius 2 is 1.53 bits per heavy atom. The van der Waals surface area contributed by atoms with Gasteiger partial charge in [0, 0.05) is 11.1 Å². The highest BCUT2D eigenvalue weighted by molar-refractivity contribution is 6.30. The van der Waals surface area contributed by atoms with Crippen molar-refractivity contribution in [2.75, 3.05) is 14.2 Å². The minimum Gasteiger partial charge on any atom is -0.496 e. The van der Waals surface area contributed by atoms with Gasteiger partial charge in [-0.05, 0) is 48.2 Å². The molecule has 0 aliphatic heterocycles. The normalized spacial score (nSPS) is 12.0. The van der Waals surface area contributed by atoms with Crippen LogP contribution in [0, 0.1) is 11.3 Å². The van der Waals surface area contributed by atoms with E-state index in [4.69, 9.17) is 14.7 Å². The van der Waals surface area contributed by atoms with Crippen LogP contribution in [0.15, 0.2) is 54.6 Å². The average molecular weight is 397 g/mol. The molecule has 0 radical (unpaired) electrons. The van der Waals surface area contributed by atoms with E-state index >= 15 is 0 Å². The maximum atomic E-state index is 13.4. The molecule has 0 bridgehead atoms. The van der Waals surface area contributed by atoms with Crippen molar-refractivity contribution in [2.45, 2.75) is 12.8 Å². The van der Waals surface area contributed by atoms with Gasteiger partial charge in [0.05, 0.1) is 37.0 Å². The third kappa shape index (κ3) is 3.13. The van der Waals surface area contributed by atoms with E-state index in [1.54, 1.807) is 36.4 Å². The summed E-state index contributed by atoms with van der Waals surface area (Å²) >= 11 is 0. The van der Waals surface area contributed by atoms with Crippen LogP contribution in [0.1, 0.15) is 48.5 Å². The minimum atomic E-state index is -0.269. The third-order valence-electron chi connectivity index (χ3n) is 5.40. The van der Waals surface area contributed by atoms with Crippen LogP contribution in [0.4, 0.5) is 0 Å². The first-order chi connectivity index (χ1) is 14.6. The van der Waals surface area contributed by atoms with Crippen molar-refractivity contribution >= 4 is 11.6 Å². The molecule has 0 N–H and O–H groups in total. The number of nitriles is 1. The highest BCUT2D eigenvalue weighted by Gasteiger charge is 2.35. The Hall–Kier alpha value is -3.91. The Morgan fingerprint density at radius 1 is 0.800 bits per heavy atom. The topological polar surface area (TPSA) is 76.4 Å². The molecule has 3 aromatic carbocycles. The SMILES string of the molecule is COc1cccc2c1C(=O)c1c(ccc(CCc3ccc(C#N)cc3)c1OC)C2=O. The van der Waals surface area contributed by atoms with Gasteiger partial charge < -0.3 is 9.47 Å². The van der Waals surface area contributed by atoms with E-state index in [2.05, 4.69) is 6.07 Å². The van der Waals surface area contributed by atoms with E-state index in [-0.39, 0.29) is 22.7 Å². The Kier molecular flexibility index (Phi) is 5.07. The number of hydrogen-bond acceptors (Lipinski definition) is 5. The summed E-state index contributed by atoms with van der Waals surface area (Å²) in [7, 11) is 2.99. The fourth-order valence-electron chi connectivity index (χ4n) is 3.89. The molecule has 4 rings (SSSR count). The van der Waals surface area contributed by atoms with Crippen molar-refractivity contribution < 1.29 is 19.1 Å². The smallest absolute Gasteiger partial charge is 0.201 e. The van der Waals surface area contributed by atoms with Crippen molar-refractivity contribution in [3.63, 3.8) is 0 Å². The van der Waals surface area contributed by atoms with Gasteiger partial charge in [-0.3, -0.25) is 9.59 Å². The molecule has 148 valence electrons. The average Bonchev–Trinajstić information content (AvgIpc) is 2.80. The number of hydrogen-bond donors (Lipinski definition) is 0. The number of fused-ring (bicyclic) bond motifs is 2. The first-order valence-electron chi connectivity index (χ1n) is 9.54. The molecule has 0 atom stereocenters. The summed E-state index contributed by atoms with van der Waals surface area (Å²) < 4.78 is 11.0. The molecule has 0 saturated carbocycles. The summed E-state index contributed by atoms with van der Waals surface area (Å²) in [5.74, 6) is 0.321. The predicted molar refractivity (Wildman–Crippen MR) is 111 cm³/mol. The van der Waals surface area contributed by atoms with Crippen LogP contribution in [0.3, 0.4) is 0 Å². The van der Waals surface area contributed by atoms with Gasteiger partial charge >= 0.3 is 0 Å². The quantitative estimate of drug-likeness (QED) is 0.506. The number of carbonyl (C=O) groups is 2. The molecular weight excluding hydrogens is 378 g/mol. The summed E-state index contributed by atoms with van der Waals surface area (Å²) in [5, 5.41) is 8.94. The standard InChI is InChI=1S/C25H19NO4/c1-29-20-5-3-4-18-21(20)24(28)22-19(23(18)27)13-12-17(25(22)30-2)11-10-15-6-8-16(14-26)9-7-15/h3-9,12-13H,10-11H2,1-2H3. The fourth-order valence-corrected chi connectivity index (χ4v) is 3.89. The molecule has 3 aromatic rings. The molecule has 30 heavy (non-hydrogen) atoms. The van der Waals surface area contributed by atoms with E-state index in [1.165, 1.54) is 14.2 Å². The fraction of sp³-hybridized carbons (Fsp3) is 0.160. The second kappa shape index (κ2) is 7.84. The molecule has 0 saturated heterocycles. The third-order valence-corrected chi connectivity index (χ3v) is 5.40. The number of nitrogens with zero attached hydrogens (tertiary/aromatic N) is 1. The van der Waals surface area contributed by atoms with Gasteiger partial charge in [0.1, 0.15) is 11.5 Å². The van der Waals surface area contributed by atoms with E-state index in [9.17, 15) is 9.59 Å². The summed E-state index contributed by atoms with van der Waals surface area (Å²) in [6.07, 6.45) is 1.34. The van der Waals surface area contributed by atoms with Crippen LogP contribution < -0.4 is 9.47 Å². The summed E-state index contributed by atoms with van der Waals surface area (Å²) in [6.45, 7) is 0. The Morgan fingerprint density at radius 3 is 2.20 bits per heavy atom. The maximum absolute atomic E-state index is 13.4. The van der Waals surface area contributed by atoms with Gasteiger partial charge in [0.25, 0.3) is 0 Å². The summed E-state index contributed by atoms with van der Waals surface area (Å²) in [4.78, 5) is 26.4. The van der Waals surface area contributed by atoms with Crippen molar-refractivity contribution in [1.82, 2.24) is 0 Å². The molecule has 5 heteroatoms. The Bertz CT molecular complexity index is 1200. The number of rotatable bonds is 5. The highest BCUT2D eigenvalue weighted by atomic mass is 16.5. The van der Waals surface area contributed by atoms with E-state index in [0.717, 1.165) is 11.1 Å². The van der Waals surface area contributed by atoms with Gasteiger partial charge in [0.15, 0.2) is 5.78 Å². The number of carbonyl (C=O) groups excluding carboxylic acids is 2. The first kappa shape index (κ1) is 19.4. The lowest BCUT2D eigenvalue weighted by Crippen LogP contribution is -2.23. The van der Waals surface area contributed by atoms with Gasteiger partial charge in [-0.15, -0.1) is 0 Å². The molecule has 0 fully saturated rings. The molecule has 0 amide bonds. The molecule has 0 heterocycles. The van der Waals surface area contributed by atoms with Crippen molar-refractivity contribution in [1.29, 1.82) is 5.26 Å². The number of ether oxygens (including phenoxy) is 2. The zero-order valence-corrected chi connectivity index (χ0v) is 16.7. The first-order valence-corrected chi connectivity index (χ1v) is 9.54. The van der Waals surface area contributed by atoms with E-state index in [1.807, 2.05) is 18.2 Å². The van der Waals surface area contributed by atoms with Crippen molar-refractivity contribution in [2.24, 2.45) is 0 Å². The Balaban J connectivity index is 1.73. The van der Waals surface area contributed by atoms with Crippen LogP contribution in [0.25, 0.3) is 0 Å². The number of aryl methyl sites for hydroxylation is 2. The Labute approximate surface area is 174 Å². The van der Waals surface area contributed by atoms with Gasteiger partial charge in [0.2, 0.25) is 5.78 Å². The molecule has 0 spiro atoms.